The maximum Gasteiger partial charge on any atom is 0.338 e. The molecule has 0 saturated carbocycles. The molecule has 6 nitrogen and oxygen atoms in total. The number of hydrogen-bond donors (Lipinski definition) is 1. The maximum absolute atomic E-state index is 11.6. The van der Waals surface area contributed by atoms with E-state index in [2.05, 4.69) is 38.3 Å². The van der Waals surface area contributed by atoms with Gasteiger partial charge in [0.2, 0.25) is 4.73 Å². The number of esters is 1. The summed E-state index contributed by atoms with van der Waals surface area (Å²) in [6, 6.07) is 7.28. The number of nitrogens with zero attached hydrogens (tertiary/aromatic N) is 3. The standard InChI is InChI=1S/C14H15BrN4O2S/c1-3-21-11(20)9-4-6-10(7-5-9)17-14(2)8-19-13(22-14)16-12(15)18-19/h4-7,17H,3,8H2,1-2H3. The molecule has 1 aliphatic rings. The highest BCUT2D eigenvalue weighted by Gasteiger charge is 2.36. The molecule has 1 unspecified atom stereocenters. The Morgan fingerprint density at radius 3 is 2.86 bits per heavy atom. The first-order valence-corrected chi connectivity index (χ1v) is 8.45. The molecule has 2 heterocycles. The van der Waals surface area contributed by atoms with Gasteiger partial charge in [-0.1, -0.05) is 11.8 Å². The second-order valence-electron chi connectivity index (χ2n) is 5.08. The average molecular weight is 383 g/mol. The fourth-order valence-electron chi connectivity index (χ4n) is 2.27. The van der Waals surface area contributed by atoms with Gasteiger partial charge in [-0.25, -0.2) is 9.48 Å². The van der Waals surface area contributed by atoms with Crippen molar-refractivity contribution in [1.82, 2.24) is 14.8 Å². The van der Waals surface area contributed by atoms with Gasteiger partial charge in [0.05, 0.1) is 18.7 Å². The summed E-state index contributed by atoms with van der Waals surface area (Å²) in [6.07, 6.45) is 0. The fraction of sp³-hybridized carbons (Fsp3) is 0.357. The SMILES string of the molecule is CCOC(=O)c1ccc(NC2(C)Cn3nc(Br)nc3S2)cc1. The van der Waals surface area contributed by atoms with Crippen LogP contribution in [0.3, 0.4) is 0 Å². The predicted octanol–water partition coefficient (Wildman–Crippen LogP) is 3.15. The third-order valence-corrected chi connectivity index (χ3v) is 4.69. The molecule has 2 aromatic rings. The molecule has 3 rings (SSSR count). The number of rotatable bonds is 4. The lowest BCUT2D eigenvalue weighted by Gasteiger charge is -2.24. The lowest BCUT2D eigenvalue weighted by atomic mass is 10.2. The van der Waals surface area contributed by atoms with Crippen molar-refractivity contribution in [1.29, 1.82) is 0 Å². The number of benzene rings is 1. The van der Waals surface area contributed by atoms with E-state index < -0.39 is 0 Å². The van der Waals surface area contributed by atoms with Gasteiger partial charge >= 0.3 is 5.97 Å². The number of aromatic nitrogens is 3. The van der Waals surface area contributed by atoms with Crippen LogP contribution in [0.25, 0.3) is 0 Å². The van der Waals surface area contributed by atoms with E-state index in [1.165, 1.54) is 0 Å². The molecule has 1 N–H and O–H groups in total. The van der Waals surface area contributed by atoms with Crippen molar-refractivity contribution in [2.75, 3.05) is 11.9 Å². The molecule has 0 radical (unpaired) electrons. The number of thioether (sulfide) groups is 1. The molecule has 0 aliphatic carbocycles. The average Bonchev–Trinajstić information content (AvgIpc) is 2.92. The summed E-state index contributed by atoms with van der Waals surface area (Å²) < 4.78 is 7.45. The third kappa shape index (κ3) is 3.12. The Hall–Kier alpha value is -1.54. The van der Waals surface area contributed by atoms with E-state index in [0.717, 1.165) is 10.8 Å². The Kier molecular flexibility index (Phi) is 4.14. The van der Waals surface area contributed by atoms with Gasteiger partial charge in [-0.15, -0.1) is 5.10 Å². The summed E-state index contributed by atoms with van der Waals surface area (Å²) in [5, 5.41) is 8.63. The zero-order valence-corrected chi connectivity index (χ0v) is 14.6. The van der Waals surface area contributed by atoms with Crippen molar-refractivity contribution in [3.63, 3.8) is 0 Å². The van der Waals surface area contributed by atoms with Gasteiger partial charge in [-0.3, -0.25) is 0 Å². The lowest BCUT2D eigenvalue weighted by Crippen LogP contribution is -2.31. The van der Waals surface area contributed by atoms with E-state index in [1.54, 1.807) is 30.8 Å². The number of nitrogens with one attached hydrogen (secondary N) is 1. The van der Waals surface area contributed by atoms with Gasteiger partial charge in [0.15, 0.2) is 5.16 Å². The van der Waals surface area contributed by atoms with Crippen molar-refractivity contribution >= 4 is 39.3 Å². The fourth-order valence-corrected chi connectivity index (χ4v) is 3.85. The Bertz CT molecular complexity index is 678. The van der Waals surface area contributed by atoms with Gasteiger partial charge in [-0.05, 0) is 54.0 Å². The Labute approximate surface area is 140 Å². The van der Waals surface area contributed by atoms with Crippen LogP contribution in [0.1, 0.15) is 24.2 Å². The van der Waals surface area contributed by atoms with Gasteiger partial charge in [0.25, 0.3) is 0 Å². The molecule has 1 aromatic heterocycles. The van der Waals surface area contributed by atoms with E-state index >= 15 is 0 Å². The van der Waals surface area contributed by atoms with Crippen LogP contribution in [0.5, 0.6) is 0 Å². The molecule has 22 heavy (non-hydrogen) atoms. The third-order valence-electron chi connectivity index (χ3n) is 3.18. The van der Waals surface area contributed by atoms with Gasteiger partial charge in [-0.2, -0.15) is 4.98 Å². The van der Waals surface area contributed by atoms with Crippen LogP contribution in [0.2, 0.25) is 0 Å². The van der Waals surface area contributed by atoms with E-state index in [9.17, 15) is 4.79 Å². The number of anilines is 1. The van der Waals surface area contributed by atoms with Crippen LogP contribution in [0.4, 0.5) is 5.69 Å². The Morgan fingerprint density at radius 2 is 2.23 bits per heavy atom. The van der Waals surface area contributed by atoms with Crippen LogP contribution in [0, 0.1) is 0 Å². The summed E-state index contributed by atoms with van der Waals surface area (Å²) in [6.45, 7) is 4.98. The molecule has 116 valence electrons. The summed E-state index contributed by atoms with van der Waals surface area (Å²) in [7, 11) is 0. The topological polar surface area (TPSA) is 69.0 Å². The molecule has 0 fully saturated rings. The highest BCUT2D eigenvalue weighted by molar-refractivity contribution is 9.10. The molecule has 8 heteroatoms. The lowest BCUT2D eigenvalue weighted by molar-refractivity contribution is 0.0526. The minimum atomic E-state index is -0.301. The molecule has 0 amide bonds. The smallest absolute Gasteiger partial charge is 0.338 e. The minimum Gasteiger partial charge on any atom is -0.462 e. The molecule has 1 atom stereocenters. The first-order chi connectivity index (χ1) is 10.5. The van der Waals surface area contributed by atoms with Gasteiger partial charge in [0, 0.05) is 5.69 Å². The number of hydrogen-bond acceptors (Lipinski definition) is 6. The van der Waals surface area contributed by atoms with Crippen molar-refractivity contribution < 1.29 is 9.53 Å². The Balaban J connectivity index is 1.69. The van der Waals surface area contributed by atoms with Crippen molar-refractivity contribution in [3.8, 4) is 0 Å². The number of ether oxygens (including phenoxy) is 1. The zero-order chi connectivity index (χ0) is 15.7. The predicted molar refractivity (Wildman–Crippen MR) is 88.0 cm³/mol. The second-order valence-corrected chi connectivity index (χ2v) is 7.26. The van der Waals surface area contributed by atoms with E-state index in [4.69, 9.17) is 4.74 Å². The molecule has 1 aliphatic heterocycles. The van der Waals surface area contributed by atoms with Gasteiger partial charge in [0.1, 0.15) is 4.87 Å². The second kappa shape index (κ2) is 5.92. The summed E-state index contributed by atoms with van der Waals surface area (Å²) in [5.41, 5.74) is 1.49. The van der Waals surface area contributed by atoms with Crippen LogP contribution in [0.15, 0.2) is 34.2 Å². The van der Waals surface area contributed by atoms with E-state index in [-0.39, 0.29) is 10.8 Å². The minimum absolute atomic E-state index is 0.221. The molecule has 1 aromatic carbocycles. The van der Waals surface area contributed by atoms with Crippen molar-refractivity contribution in [2.24, 2.45) is 0 Å². The number of fused-ring (bicyclic) bond motifs is 1. The zero-order valence-electron chi connectivity index (χ0n) is 12.2. The number of halogens is 1. The van der Waals surface area contributed by atoms with Crippen LogP contribution in [-0.4, -0.2) is 32.2 Å². The van der Waals surface area contributed by atoms with E-state index in [1.807, 2.05) is 16.8 Å². The van der Waals surface area contributed by atoms with Crippen molar-refractivity contribution in [2.45, 2.75) is 30.4 Å². The highest BCUT2D eigenvalue weighted by atomic mass is 79.9. The molecule has 0 spiro atoms. The molecule has 0 saturated heterocycles. The maximum atomic E-state index is 11.6. The summed E-state index contributed by atoms with van der Waals surface area (Å²) in [5.74, 6) is -0.301. The molecular weight excluding hydrogens is 368 g/mol. The summed E-state index contributed by atoms with van der Waals surface area (Å²) in [4.78, 5) is 15.7. The largest absolute Gasteiger partial charge is 0.462 e. The van der Waals surface area contributed by atoms with E-state index in [0.29, 0.717) is 23.4 Å². The Morgan fingerprint density at radius 1 is 1.50 bits per heavy atom. The first kappa shape index (κ1) is 15.4. The van der Waals surface area contributed by atoms with Crippen molar-refractivity contribution in [3.05, 3.63) is 34.6 Å². The molecule has 0 bridgehead atoms. The quantitative estimate of drug-likeness (QED) is 0.819. The molecular formula is C14H15BrN4O2S. The first-order valence-electron chi connectivity index (χ1n) is 6.84. The van der Waals surface area contributed by atoms with Crippen LogP contribution in [-0.2, 0) is 11.3 Å². The van der Waals surface area contributed by atoms with Crippen LogP contribution < -0.4 is 5.32 Å². The summed E-state index contributed by atoms with van der Waals surface area (Å²) >= 11 is 4.91. The number of carbonyl (C=O) groups excluding carboxylic acids is 1. The monoisotopic (exact) mass is 382 g/mol. The van der Waals surface area contributed by atoms with Gasteiger partial charge < -0.3 is 10.1 Å². The normalized spacial score (nSPS) is 19.8. The highest BCUT2D eigenvalue weighted by Crippen LogP contribution is 2.40. The number of carbonyl (C=O) groups is 1. The van der Waals surface area contributed by atoms with Crippen LogP contribution >= 0.6 is 27.7 Å².